The summed E-state index contributed by atoms with van der Waals surface area (Å²) in [7, 11) is 0. The molecule has 0 radical (unpaired) electrons. The largest absolute Gasteiger partial charge is 0.491 e. The summed E-state index contributed by atoms with van der Waals surface area (Å²) in [6.07, 6.45) is 0. The first kappa shape index (κ1) is 22.3. The van der Waals surface area contributed by atoms with E-state index < -0.39 is 0 Å². The van der Waals surface area contributed by atoms with Gasteiger partial charge in [0.05, 0.1) is 17.6 Å². The summed E-state index contributed by atoms with van der Waals surface area (Å²) in [6, 6.07) is 20.5. The van der Waals surface area contributed by atoms with Gasteiger partial charge in [-0.3, -0.25) is 4.99 Å². The van der Waals surface area contributed by atoms with Crippen LogP contribution >= 0.6 is 12.2 Å². The molecular weight excluding hydrogens is 390 g/mol. The van der Waals surface area contributed by atoms with E-state index in [0.29, 0.717) is 11.7 Å². The molecule has 5 heteroatoms. The van der Waals surface area contributed by atoms with E-state index in [1.165, 1.54) is 5.56 Å². The van der Waals surface area contributed by atoms with Crippen LogP contribution in [0.25, 0.3) is 0 Å². The number of rotatable bonds is 6. The molecule has 0 aromatic heterocycles. The fourth-order valence-electron chi connectivity index (χ4n) is 3.74. The molecule has 2 aromatic rings. The predicted molar refractivity (Wildman–Crippen MR) is 129 cm³/mol. The monoisotopic (exact) mass is 423 g/mol. The predicted octanol–water partition coefficient (Wildman–Crippen LogP) is 5.61. The maximum absolute atomic E-state index is 6.06. The topological polar surface area (TPSA) is 36.9 Å². The number of nitrogens with one attached hydrogen (secondary N) is 1. The molecule has 0 aliphatic carbocycles. The number of aliphatic imine (C=N–C) groups is 1. The average Bonchev–Trinajstić information content (AvgIpc) is 2.93. The first-order valence-electron chi connectivity index (χ1n) is 10.5. The van der Waals surface area contributed by atoms with Crippen LogP contribution < -0.4 is 10.1 Å². The van der Waals surface area contributed by atoms with Gasteiger partial charge in [-0.25, -0.2) is 0 Å². The highest BCUT2D eigenvalue weighted by Gasteiger charge is 2.45. The van der Waals surface area contributed by atoms with Crippen LogP contribution in [-0.2, 0) is 0 Å². The summed E-state index contributed by atoms with van der Waals surface area (Å²) in [5.41, 5.74) is 0.832. The lowest BCUT2D eigenvalue weighted by molar-refractivity contribution is 0.203. The van der Waals surface area contributed by atoms with Gasteiger partial charge < -0.3 is 15.0 Å². The van der Waals surface area contributed by atoms with E-state index in [0.717, 1.165) is 11.6 Å². The summed E-state index contributed by atoms with van der Waals surface area (Å²) in [4.78, 5) is 7.39. The Kier molecular flexibility index (Phi) is 6.51. The van der Waals surface area contributed by atoms with Crippen molar-refractivity contribution < 1.29 is 4.74 Å². The van der Waals surface area contributed by atoms with Crippen LogP contribution in [0.15, 0.2) is 65.7 Å². The van der Waals surface area contributed by atoms with Gasteiger partial charge in [0.1, 0.15) is 18.2 Å². The van der Waals surface area contributed by atoms with E-state index >= 15 is 0 Å². The molecule has 160 valence electrons. The van der Waals surface area contributed by atoms with Crippen molar-refractivity contribution in [3.8, 4) is 5.75 Å². The fourth-order valence-corrected chi connectivity index (χ4v) is 4.22. The minimum Gasteiger partial charge on any atom is -0.491 e. The summed E-state index contributed by atoms with van der Waals surface area (Å²) < 4.78 is 6.06. The van der Waals surface area contributed by atoms with Gasteiger partial charge in [-0.15, -0.1) is 0 Å². The molecule has 30 heavy (non-hydrogen) atoms. The van der Waals surface area contributed by atoms with Crippen LogP contribution in [0.1, 0.15) is 53.1 Å². The number of thiocarbonyl (C=S) groups is 1. The average molecular weight is 424 g/mol. The third kappa shape index (κ3) is 4.84. The Balaban J connectivity index is 1.85. The lowest BCUT2D eigenvalue weighted by atomic mass is 9.87. The van der Waals surface area contributed by atoms with Crippen molar-refractivity contribution in [1.29, 1.82) is 0 Å². The number of ether oxygens (including phenoxy) is 1. The zero-order valence-corrected chi connectivity index (χ0v) is 19.7. The maximum atomic E-state index is 6.06. The lowest BCUT2D eigenvalue weighted by Crippen LogP contribution is -2.46. The first-order chi connectivity index (χ1) is 14.1. The molecule has 1 saturated heterocycles. The SMILES string of the molecule is C[C@H](c1ccccc1)N1C(=S)NC(=N[C@@H](COc2ccccc2)C(C)(C)C)C1(C)C. The molecule has 0 spiro atoms. The number of hydrogen-bond donors (Lipinski definition) is 1. The van der Waals surface area contributed by atoms with Gasteiger partial charge >= 0.3 is 0 Å². The van der Waals surface area contributed by atoms with Crippen LogP contribution in [0.3, 0.4) is 0 Å². The van der Waals surface area contributed by atoms with E-state index in [2.05, 4.69) is 76.0 Å². The van der Waals surface area contributed by atoms with Crippen LogP contribution in [0.2, 0.25) is 0 Å². The fraction of sp³-hybridized carbons (Fsp3) is 0.440. The van der Waals surface area contributed by atoms with E-state index in [9.17, 15) is 0 Å². The van der Waals surface area contributed by atoms with Crippen LogP contribution in [-0.4, -0.2) is 34.0 Å². The van der Waals surface area contributed by atoms with Gasteiger partial charge in [-0.05, 0) is 56.1 Å². The Labute approximate surface area is 186 Å². The number of amidine groups is 1. The maximum Gasteiger partial charge on any atom is 0.175 e. The van der Waals surface area contributed by atoms with Gasteiger partial charge in [0.25, 0.3) is 0 Å². The second-order valence-electron chi connectivity index (χ2n) is 9.43. The van der Waals surface area contributed by atoms with E-state index in [-0.39, 0.29) is 23.0 Å². The number of hydrogen-bond acceptors (Lipinski definition) is 3. The van der Waals surface area contributed by atoms with Crippen LogP contribution in [0.5, 0.6) is 5.75 Å². The third-order valence-corrected chi connectivity index (χ3v) is 6.03. The summed E-state index contributed by atoms with van der Waals surface area (Å²) in [6.45, 7) is 13.6. The Morgan fingerprint density at radius 2 is 1.60 bits per heavy atom. The molecular formula is C25H33N3OS. The van der Waals surface area contributed by atoms with Crippen molar-refractivity contribution in [3.05, 3.63) is 66.2 Å². The van der Waals surface area contributed by atoms with E-state index in [1.807, 2.05) is 36.4 Å². The molecule has 4 nitrogen and oxygen atoms in total. The van der Waals surface area contributed by atoms with Gasteiger partial charge in [0.2, 0.25) is 0 Å². The molecule has 2 atom stereocenters. The number of benzene rings is 2. The Hall–Kier alpha value is -2.40. The quantitative estimate of drug-likeness (QED) is 0.613. The third-order valence-electron chi connectivity index (χ3n) is 5.73. The molecule has 1 N–H and O–H groups in total. The Morgan fingerprint density at radius 1 is 1.03 bits per heavy atom. The second kappa shape index (κ2) is 8.76. The van der Waals surface area contributed by atoms with Crippen molar-refractivity contribution in [2.45, 2.75) is 59.2 Å². The second-order valence-corrected chi connectivity index (χ2v) is 9.82. The Bertz CT molecular complexity index is 888. The minimum absolute atomic E-state index is 0.0192. The molecule has 2 aromatic carbocycles. The summed E-state index contributed by atoms with van der Waals surface area (Å²) in [5, 5.41) is 4.11. The van der Waals surface area contributed by atoms with Crippen LogP contribution in [0.4, 0.5) is 0 Å². The zero-order chi connectivity index (χ0) is 21.9. The van der Waals surface area contributed by atoms with Crippen molar-refractivity contribution in [3.63, 3.8) is 0 Å². The summed E-state index contributed by atoms with van der Waals surface area (Å²) in [5.74, 6) is 1.76. The molecule has 1 aliphatic rings. The molecule has 1 aliphatic heterocycles. The molecule has 1 fully saturated rings. The van der Waals surface area contributed by atoms with Crippen molar-refractivity contribution >= 4 is 23.2 Å². The van der Waals surface area contributed by atoms with Crippen molar-refractivity contribution in [2.24, 2.45) is 10.4 Å². The molecule has 0 unspecified atom stereocenters. The number of para-hydroxylation sites is 1. The highest BCUT2D eigenvalue weighted by Crippen LogP contribution is 2.34. The van der Waals surface area contributed by atoms with Crippen molar-refractivity contribution in [2.75, 3.05) is 6.61 Å². The van der Waals surface area contributed by atoms with Gasteiger partial charge in [0.15, 0.2) is 5.11 Å². The molecule has 0 amide bonds. The first-order valence-corrected chi connectivity index (χ1v) is 10.9. The van der Waals surface area contributed by atoms with E-state index in [1.54, 1.807) is 0 Å². The van der Waals surface area contributed by atoms with Crippen LogP contribution in [0, 0.1) is 5.41 Å². The highest BCUT2D eigenvalue weighted by molar-refractivity contribution is 7.80. The van der Waals surface area contributed by atoms with E-state index in [4.69, 9.17) is 21.9 Å². The van der Waals surface area contributed by atoms with Gasteiger partial charge in [-0.1, -0.05) is 69.3 Å². The Morgan fingerprint density at radius 3 is 2.17 bits per heavy atom. The normalized spacial score (nSPS) is 19.5. The number of nitrogens with zero attached hydrogens (tertiary/aromatic N) is 2. The minimum atomic E-state index is -0.345. The molecule has 0 saturated carbocycles. The smallest absolute Gasteiger partial charge is 0.175 e. The van der Waals surface area contributed by atoms with Gasteiger partial charge in [-0.2, -0.15) is 0 Å². The zero-order valence-electron chi connectivity index (χ0n) is 18.8. The van der Waals surface area contributed by atoms with Crippen molar-refractivity contribution in [1.82, 2.24) is 10.2 Å². The molecule has 1 heterocycles. The standard InChI is InChI=1S/C25H33N3OS/c1-18(19-13-9-7-10-14-19)28-23(30)27-22(25(28,5)6)26-21(24(2,3)4)17-29-20-15-11-8-12-16-20/h7-16,18,21H,17H2,1-6H3,(H,26,27,30)/t18-,21+/m1/s1. The molecule has 3 rings (SSSR count). The molecule has 0 bridgehead atoms. The van der Waals surface area contributed by atoms with Gasteiger partial charge in [0, 0.05) is 0 Å². The summed E-state index contributed by atoms with van der Waals surface area (Å²) >= 11 is 5.73. The highest BCUT2D eigenvalue weighted by atomic mass is 32.1. The lowest BCUT2D eigenvalue weighted by Gasteiger charge is -2.37.